The summed E-state index contributed by atoms with van der Waals surface area (Å²) in [6, 6.07) is 8.86. The second-order valence-electron chi connectivity index (χ2n) is 4.70. The summed E-state index contributed by atoms with van der Waals surface area (Å²) in [6.45, 7) is 5.04. The van der Waals surface area contributed by atoms with E-state index in [1.165, 1.54) is 17.5 Å². The zero-order valence-electron chi connectivity index (χ0n) is 10.2. The van der Waals surface area contributed by atoms with E-state index in [0.717, 1.165) is 19.8 Å². The van der Waals surface area contributed by atoms with Crippen molar-refractivity contribution in [3.8, 4) is 0 Å². The zero-order chi connectivity index (χ0) is 11.4. The van der Waals surface area contributed by atoms with E-state index in [9.17, 15) is 0 Å². The molecule has 1 saturated heterocycles. The fraction of sp³-hybridized carbons (Fsp3) is 0.571. The Bertz CT molecular complexity index is 331. The number of hydrogen-bond acceptors (Lipinski definition) is 2. The van der Waals surface area contributed by atoms with Gasteiger partial charge in [-0.05, 0) is 31.9 Å². The third-order valence-corrected chi connectivity index (χ3v) is 3.43. The van der Waals surface area contributed by atoms with Crippen LogP contribution in [0.25, 0.3) is 0 Å². The van der Waals surface area contributed by atoms with Gasteiger partial charge in [0.05, 0.1) is 6.61 Å². The lowest BCUT2D eigenvalue weighted by molar-refractivity contribution is 0.180. The van der Waals surface area contributed by atoms with Crippen molar-refractivity contribution in [2.45, 2.75) is 19.3 Å². The number of nitrogens with one attached hydrogen (secondary N) is 1. The molecule has 2 heteroatoms. The van der Waals surface area contributed by atoms with Crippen LogP contribution >= 0.6 is 0 Å². The summed E-state index contributed by atoms with van der Waals surface area (Å²) in [5, 5.41) is 3.31. The molecule has 0 bridgehead atoms. The van der Waals surface area contributed by atoms with Crippen molar-refractivity contribution in [2.75, 3.05) is 26.8 Å². The molecule has 2 nitrogen and oxygen atoms in total. The summed E-state index contributed by atoms with van der Waals surface area (Å²) in [6.07, 6.45) is 1.19. The molecule has 1 aromatic rings. The van der Waals surface area contributed by atoms with Crippen LogP contribution < -0.4 is 5.32 Å². The molecule has 1 fully saturated rings. The van der Waals surface area contributed by atoms with E-state index in [4.69, 9.17) is 4.74 Å². The van der Waals surface area contributed by atoms with E-state index in [1.54, 1.807) is 0 Å². The lowest BCUT2D eigenvalue weighted by atomic mass is 9.85. The number of aryl methyl sites for hydroxylation is 1. The second kappa shape index (κ2) is 5.46. The van der Waals surface area contributed by atoms with Crippen molar-refractivity contribution in [3.63, 3.8) is 0 Å². The molecule has 0 spiro atoms. The molecule has 16 heavy (non-hydrogen) atoms. The molecule has 1 N–H and O–H groups in total. The summed E-state index contributed by atoms with van der Waals surface area (Å²) in [5.41, 5.74) is 2.79. The molecule has 88 valence electrons. The molecule has 0 amide bonds. The number of benzene rings is 1. The van der Waals surface area contributed by atoms with Crippen LogP contribution in [0.3, 0.4) is 0 Å². The van der Waals surface area contributed by atoms with E-state index in [-0.39, 0.29) is 0 Å². The van der Waals surface area contributed by atoms with Crippen molar-refractivity contribution in [2.24, 2.45) is 5.92 Å². The fourth-order valence-corrected chi connectivity index (χ4v) is 2.55. The highest BCUT2D eigenvalue weighted by atomic mass is 16.5. The molecule has 1 aromatic carbocycles. The Morgan fingerprint density at radius 3 is 3.00 bits per heavy atom. The third-order valence-electron chi connectivity index (χ3n) is 3.43. The monoisotopic (exact) mass is 219 g/mol. The normalized spacial score (nSPS) is 22.2. The topological polar surface area (TPSA) is 21.3 Å². The highest BCUT2D eigenvalue weighted by Gasteiger charge is 2.26. The van der Waals surface area contributed by atoms with E-state index in [2.05, 4.69) is 36.5 Å². The Balaban J connectivity index is 2.17. The van der Waals surface area contributed by atoms with Gasteiger partial charge in [-0.15, -0.1) is 0 Å². The maximum absolute atomic E-state index is 5.51. The van der Waals surface area contributed by atoms with Crippen molar-refractivity contribution in [1.29, 1.82) is 0 Å². The van der Waals surface area contributed by atoms with Crippen LogP contribution in [0.4, 0.5) is 0 Å². The average molecular weight is 219 g/mol. The molecule has 0 aromatic heterocycles. The summed E-state index contributed by atoms with van der Waals surface area (Å²) in [5.74, 6) is 1.27. The highest BCUT2D eigenvalue weighted by Crippen LogP contribution is 2.30. The quantitative estimate of drug-likeness (QED) is 0.839. The van der Waals surface area contributed by atoms with Crippen LogP contribution in [0.1, 0.15) is 23.5 Å². The van der Waals surface area contributed by atoms with Crippen LogP contribution in [-0.4, -0.2) is 26.8 Å². The van der Waals surface area contributed by atoms with E-state index in [1.807, 2.05) is 7.05 Å². The second-order valence-corrected chi connectivity index (χ2v) is 4.70. The van der Waals surface area contributed by atoms with Gasteiger partial charge >= 0.3 is 0 Å². The predicted molar refractivity (Wildman–Crippen MR) is 66.8 cm³/mol. The standard InChI is InChI=1S/C14H21NO/c1-11-4-3-5-12(8-11)14(9-15-2)13-6-7-16-10-13/h3-5,8,13-15H,6-7,9-10H2,1-2H3. The van der Waals surface area contributed by atoms with Crippen molar-refractivity contribution in [3.05, 3.63) is 35.4 Å². The average Bonchev–Trinajstić information content (AvgIpc) is 2.79. The van der Waals surface area contributed by atoms with Crippen LogP contribution in [0.5, 0.6) is 0 Å². The SMILES string of the molecule is CNCC(c1cccc(C)c1)C1CCOC1. The van der Waals surface area contributed by atoms with Crippen molar-refractivity contribution < 1.29 is 4.74 Å². The highest BCUT2D eigenvalue weighted by molar-refractivity contribution is 5.26. The summed E-state index contributed by atoms with van der Waals surface area (Å²) in [7, 11) is 2.03. The smallest absolute Gasteiger partial charge is 0.0501 e. The third kappa shape index (κ3) is 2.63. The minimum Gasteiger partial charge on any atom is -0.381 e. The number of hydrogen-bond donors (Lipinski definition) is 1. The Hall–Kier alpha value is -0.860. The number of ether oxygens (including phenoxy) is 1. The van der Waals surface area contributed by atoms with Crippen molar-refractivity contribution >= 4 is 0 Å². The Labute approximate surface area is 98.0 Å². The van der Waals surface area contributed by atoms with Gasteiger partial charge in [0.15, 0.2) is 0 Å². The number of likely N-dealkylation sites (N-methyl/N-ethyl adjacent to an activating group) is 1. The molecule has 2 unspecified atom stereocenters. The summed E-state index contributed by atoms with van der Waals surface area (Å²) < 4.78 is 5.51. The lowest BCUT2D eigenvalue weighted by Crippen LogP contribution is -2.24. The fourth-order valence-electron chi connectivity index (χ4n) is 2.55. The maximum Gasteiger partial charge on any atom is 0.0501 e. The molecular weight excluding hydrogens is 198 g/mol. The summed E-state index contributed by atoms with van der Waals surface area (Å²) in [4.78, 5) is 0. The molecule has 2 rings (SSSR count). The Morgan fingerprint density at radius 2 is 2.38 bits per heavy atom. The van der Waals surface area contributed by atoms with Crippen LogP contribution in [0.15, 0.2) is 24.3 Å². The van der Waals surface area contributed by atoms with Gasteiger partial charge in [0.25, 0.3) is 0 Å². The number of rotatable bonds is 4. The molecule has 1 heterocycles. The van der Waals surface area contributed by atoms with E-state index in [0.29, 0.717) is 11.8 Å². The summed E-state index contributed by atoms with van der Waals surface area (Å²) >= 11 is 0. The van der Waals surface area contributed by atoms with Gasteiger partial charge in [-0.3, -0.25) is 0 Å². The van der Waals surface area contributed by atoms with Crippen LogP contribution in [-0.2, 0) is 4.74 Å². The first-order valence-electron chi connectivity index (χ1n) is 6.10. The van der Waals surface area contributed by atoms with Crippen LogP contribution in [0, 0.1) is 12.8 Å². The maximum atomic E-state index is 5.51. The molecule has 0 aliphatic carbocycles. The Kier molecular flexibility index (Phi) is 3.97. The van der Waals surface area contributed by atoms with Gasteiger partial charge in [0.1, 0.15) is 0 Å². The molecular formula is C14H21NO. The molecule has 1 aliphatic rings. The first kappa shape index (κ1) is 11.6. The first-order valence-corrected chi connectivity index (χ1v) is 6.10. The molecule has 2 atom stereocenters. The van der Waals surface area contributed by atoms with Crippen molar-refractivity contribution in [1.82, 2.24) is 5.32 Å². The van der Waals surface area contributed by atoms with Gasteiger partial charge in [-0.1, -0.05) is 29.8 Å². The van der Waals surface area contributed by atoms with Gasteiger partial charge in [0, 0.05) is 19.1 Å². The lowest BCUT2D eigenvalue weighted by Gasteiger charge is -2.23. The van der Waals surface area contributed by atoms with E-state index < -0.39 is 0 Å². The van der Waals surface area contributed by atoms with E-state index >= 15 is 0 Å². The molecule has 0 saturated carbocycles. The van der Waals surface area contributed by atoms with Gasteiger partial charge < -0.3 is 10.1 Å². The Morgan fingerprint density at radius 1 is 1.50 bits per heavy atom. The minimum absolute atomic E-state index is 0.590. The van der Waals surface area contributed by atoms with Crippen LogP contribution in [0.2, 0.25) is 0 Å². The largest absolute Gasteiger partial charge is 0.381 e. The van der Waals surface area contributed by atoms with Gasteiger partial charge in [-0.25, -0.2) is 0 Å². The predicted octanol–water partition coefficient (Wildman–Crippen LogP) is 2.33. The van der Waals surface area contributed by atoms with Gasteiger partial charge in [-0.2, -0.15) is 0 Å². The molecule has 0 radical (unpaired) electrons. The molecule has 1 aliphatic heterocycles. The minimum atomic E-state index is 0.590. The zero-order valence-corrected chi connectivity index (χ0v) is 10.2. The van der Waals surface area contributed by atoms with Gasteiger partial charge in [0.2, 0.25) is 0 Å². The first-order chi connectivity index (χ1) is 7.81.